The van der Waals surface area contributed by atoms with E-state index in [9.17, 15) is 65.8 Å². The number of ether oxygens (including phenoxy) is 10. The van der Waals surface area contributed by atoms with Gasteiger partial charge in [-0.2, -0.15) is 0 Å². The fourth-order valence-electron chi connectivity index (χ4n) is 5.94. The van der Waals surface area contributed by atoms with Crippen molar-refractivity contribution >= 4 is 49.2 Å². The number of aliphatic hydroxyl groups is 11. The van der Waals surface area contributed by atoms with E-state index in [0.717, 1.165) is 14.2 Å². The Kier molecular flexibility index (Phi) is 20.4. The summed E-state index contributed by atoms with van der Waals surface area (Å²) in [5.74, 6) is -2.33. The molecule has 0 radical (unpaired) electrons. The predicted molar refractivity (Wildman–Crippen MR) is 180 cm³/mol. The summed E-state index contributed by atoms with van der Waals surface area (Å²) >= 11 is 5.30. The Hall–Kier alpha value is 0.330. The zero-order chi connectivity index (χ0) is 40.6. The third kappa shape index (κ3) is 11.1. The van der Waals surface area contributed by atoms with Crippen LogP contribution in [0.2, 0.25) is 0 Å². The maximum absolute atomic E-state index is 12.5. The Morgan fingerprint density at radius 3 is 1.39 bits per heavy atom. The second-order valence-corrected chi connectivity index (χ2v) is 28.2. The summed E-state index contributed by atoms with van der Waals surface area (Å²) in [5, 5.41) is 116. The summed E-state index contributed by atoms with van der Waals surface area (Å²) in [6, 6.07) is 0. The number of carbonyl (C=O) groups is 2. The molecule has 0 aliphatic carbocycles. The van der Waals surface area contributed by atoms with Gasteiger partial charge in [0.05, 0.1) is 34.2 Å². The van der Waals surface area contributed by atoms with Gasteiger partial charge >= 0.3 is 62.4 Å². The van der Waals surface area contributed by atoms with E-state index in [-0.39, 0.29) is 0 Å². The summed E-state index contributed by atoms with van der Waals surface area (Å²) in [5.41, 5.74) is 5.35. The molecule has 4 fully saturated rings. The molecule has 4 aliphatic rings. The van der Waals surface area contributed by atoms with Crippen molar-refractivity contribution in [3.63, 3.8) is 0 Å². The molecule has 0 aromatic heterocycles. The van der Waals surface area contributed by atoms with Crippen LogP contribution in [0.15, 0.2) is 0 Å². The van der Waals surface area contributed by atoms with E-state index in [4.69, 9.17) is 43.6 Å². The number of aliphatic hydroxyl groups excluding tert-OH is 11. The average Bonchev–Trinajstić information content (AvgIpc) is 3.16. The minimum absolute atomic E-state index is 0.511. The molecular weight excluding hydrogens is 1090 g/mol. The van der Waals surface area contributed by atoms with Gasteiger partial charge in [-0.1, -0.05) is 0 Å². The molecule has 4 saturated heterocycles. The maximum atomic E-state index is 12.5. The molecule has 20 atom stereocenters. The molecule has 20 unspecified atom stereocenters. The van der Waals surface area contributed by atoms with Crippen molar-refractivity contribution in [3.05, 3.63) is 0 Å². The molecule has 0 amide bonds. The van der Waals surface area contributed by atoms with E-state index in [1.807, 2.05) is 0 Å². The molecule has 4 rings (SSSR count). The number of esters is 2. The molecule has 0 saturated carbocycles. The van der Waals surface area contributed by atoms with Crippen molar-refractivity contribution in [2.24, 2.45) is 5.73 Å². The Labute approximate surface area is 336 Å². The molecule has 0 aromatic carbocycles. The van der Waals surface area contributed by atoms with Crippen LogP contribution in [0.5, 0.6) is 0 Å². The Morgan fingerprint density at radius 1 is 0.556 bits per heavy atom. The van der Waals surface area contributed by atoms with Gasteiger partial charge < -0.3 is 109 Å². The molecule has 0 spiro atoms. The van der Waals surface area contributed by atoms with Crippen LogP contribution in [0.3, 0.4) is 0 Å². The summed E-state index contributed by atoms with van der Waals surface area (Å²) in [4.78, 5) is 24.8. The number of halogens is 3. The van der Waals surface area contributed by atoms with Crippen LogP contribution in [0.25, 0.3) is 0 Å². The third-order valence-corrected chi connectivity index (χ3v) is 8.76. The molecule has 4 heterocycles. The average molecular weight is 1130 g/mol. The van der Waals surface area contributed by atoms with Crippen molar-refractivity contribution < 1.29 is 126 Å². The molecule has 13 N–H and O–H groups in total. The SMILES string of the molecule is COC(=O)C1OC(OC2C(CO)OC(OC3C(O)C(OCN)OC(C(=O)OC)C3O)C(O)C2O)C(O)C(OC2OC(CO)C(O)C(O)C2O)C1O.I[I-]I. The van der Waals surface area contributed by atoms with E-state index in [0.29, 0.717) is 13.3 Å². The first-order valence-electron chi connectivity index (χ1n) is 15.8. The predicted octanol–water partition coefficient (Wildman–Crippen LogP) is -10.7. The number of carbonyl (C=O) groups excluding carboxylic acids is 2. The quantitative estimate of drug-likeness (QED) is 0.0490. The Bertz CT molecular complexity index is 1170. The van der Waals surface area contributed by atoms with Crippen molar-refractivity contribution in [2.45, 2.75) is 123 Å². The Balaban J connectivity index is 0.00000253. The zero-order valence-electron chi connectivity index (χ0n) is 28.2. The second-order valence-electron chi connectivity index (χ2n) is 12.0. The molecule has 24 nitrogen and oxygen atoms in total. The molecule has 318 valence electrons. The van der Waals surface area contributed by atoms with Gasteiger partial charge in [0, 0.05) is 0 Å². The summed E-state index contributed by atoms with van der Waals surface area (Å²) in [6.07, 6.45) is -38.2. The van der Waals surface area contributed by atoms with Gasteiger partial charge in [-0.15, -0.1) is 0 Å². The number of nitrogens with two attached hydrogens (primary N) is 1. The van der Waals surface area contributed by atoms with E-state index in [1.54, 1.807) is 0 Å². The van der Waals surface area contributed by atoms with Crippen LogP contribution in [-0.2, 0) is 57.0 Å². The van der Waals surface area contributed by atoms with Gasteiger partial charge in [0.1, 0.15) is 85.5 Å². The van der Waals surface area contributed by atoms with Gasteiger partial charge in [-0.05, 0) is 0 Å². The van der Waals surface area contributed by atoms with E-state index in [1.165, 1.54) is 0 Å². The van der Waals surface area contributed by atoms with E-state index >= 15 is 0 Å². The summed E-state index contributed by atoms with van der Waals surface area (Å²) in [6.45, 7) is -2.36. The monoisotopic (exact) mass is 1130 g/mol. The fraction of sp³-hybridized carbons (Fsp3) is 0.926. The standard InChI is InChI=1S/C27H45NO23.I3/c1-42-22(40)20-13(36)18(15(38)24(50-20)44-5-28)48-26-12(35)10(33)17(7(4-30)46-26)47-27-16(39)19(14(37)21(51-27)23(41)43-2)49-25-11(34)9(32)8(31)6(3-29)45-25;1-3-2/h6-21,24-27,29-39H,3-5,28H2,1-2H3;/q;-1. The van der Waals surface area contributed by atoms with Gasteiger partial charge in [0.15, 0.2) is 37.4 Å². The van der Waals surface area contributed by atoms with Crippen molar-refractivity contribution in [3.8, 4) is 0 Å². The molecule has 54 heavy (non-hydrogen) atoms. The van der Waals surface area contributed by atoms with Crippen molar-refractivity contribution in [1.82, 2.24) is 0 Å². The summed E-state index contributed by atoms with van der Waals surface area (Å²) in [7, 11) is 1.91. The number of methoxy groups -OCH3 is 2. The van der Waals surface area contributed by atoms with Crippen LogP contribution in [0.4, 0.5) is 0 Å². The fourth-order valence-corrected chi connectivity index (χ4v) is 5.94. The first-order valence-corrected chi connectivity index (χ1v) is 28.4. The third-order valence-electron chi connectivity index (χ3n) is 8.76. The van der Waals surface area contributed by atoms with Crippen LogP contribution in [0, 0.1) is 0 Å². The van der Waals surface area contributed by atoms with Crippen LogP contribution < -0.4 is 19.0 Å². The second kappa shape index (κ2) is 22.6. The first-order chi connectivity index (χ1) is 25.6. The van der Waals surface area contributed by atoms with Gasteiger partial charge in [0.2, 0.25) is 0 Å². The van der Waals surface area contributed by atoms with Gasteiger partial charge in [-0.3, -0.25) is 0 Å². The van der Waals surface area contributed by atoms with Crippen LogP contribution in [0.1, 0.15) is 0 Å². The molecule has 0 aromatic rings. The van der Waals surface area contributed by atoms with E-state index < -0.39 is 155 Å². The molecule has 0 bridgehead atoms. The topological polar surface area (TPSA) is 375 Å². The molecule has 4 aliphatic heterocycles. The van der Waals surface area contributed by atoms with Crippen molar-refractivity contribution in [1.29, 1.82) is 0 Å². The van der Waals surface area contributed by atoms with Gasteiger partial charge in [-0.25, -0.2) is 9.59 Å². The summed E-state index contributed by atoms with van der Waals surface area (Å²) < 4.78 is 52.4. The van der Waals surface area contributed by atoms with Crippen molar-refractivity contribution in [2.75, 3.05) is 34.2 Å². The number of rotatable bonds is 12. The minimum atomic E-state index is -2.15. The zero-order valence-corrected chi connectivity index (χ0v) is 34.7. The molecular formula is C27H45I3NO23-. The number of hydrogen-bond donors (Lipinski definition) is 12. The molecule has 27 heteroatoms. The van der Waals surface area contributed by atoms with Crippen LogP contribution >= 0.6 is 37.2 Å². The first kappa shape index (κ1) is 48.7. The normalized spacial score (nSPS) is 45.6. The number of hydrogen-bond acceptors (Lipinski definition) is 24. The van der Waals surface area contributed by atoms with Gasteiger partial charge in [0.25, 0.3) is 0 Å². The Morgan fingerprint density at radius 2 is 0.944 bits per heavy atom. The van der Waals surface area contributed by atoms with Crippen LogP contribution in [-0.4, -0.2) is 225 Å². The van der Waals surface area contributed by atoms with E-state index in [2.05, 4.69) is 46.7 Å².